The van der Waals surface area contributed by atoms with E-state index in [0.717, 1.165) is 16.5 Å². The third kappa shape index (κ3) is 9.73. The van der Waals surface area contributed by atoms with Gasteiger partial charge in [-0.1, -0.05) is 51.1 Å². The van der Waals surface area contributed by atoms with E-state index in [4.69, 9.17) is 18.9 Å². The Morgan fingerprint density at radius 1 is 1.04 bits per heavy atom. The van der Waals surface area contributed by atoms with Crippen molar-refractivity contribution in [1.29, 1.82) is 0 Å². The highest BCUT2D eigenvalue weighted by atomic mass is 16.7. The van der Waals surface area contributed by atoms with Crippen molar-refractivity contribution in [3.05, 3.63) is 48.2 Å². The Kier molecular flexibility index (Phi) is 14.6. The molecule has 13 nitrogen and oxygen atoms in total. The largest absolute Gasteiger partial charge is 0.459 e. The van der Waals surface area contributed by atoms with Gasteiger partial charge in [-0.05, 0) is 85.7 Å². The molecule has 0 unspecified atom stereocenters. The molecule has 3 heterocycles. The Hall–Kier alpha value is -3.30. The number of ketones is 1. The number of nitrogens with zero attached hydrogens (tertiary/aromatic N) is 2. The predicted molar refractivity (Wildman–Crippen MR) is 204 cm³/mol. The molecule has 0 bridgehead atoms. The molecule has 2 aromatic rings. The maximum absolute atomic E-state index is 14.3. The highest BCUT2D eigenvalue weighted by Gasteiger charge is 2.51. The number of nitrogens with one attached hydrogen (secondary N) is 1. The number of likely N-dealkylation sites (N-methyl/N-ethyl adjacent to an activating group) is 1. The van der Waals surface area contributed by atoms with Crippen LogP contribution in [0.2, 0.25) is 0 Å². The second kappa shape index (κ2) is 18.1. The van der Waals surface area contributed by atoms with Gasteiger partial charge in [0.1, 0.15) is 23.7 Å². The van der Waals surface area contributed by atoms with Gasteiger partial charge in [0.2, 0.25) is 5.91 Å². The van der Waals surface area contributed by atoms with E-state index >= 15 is 0 Å². The number of rotatable bonds is 8. The fourth-order valence-corrected chi connectivity index (χ4v) is 7.92. The summed E-state index contributed by atoms with van der Waals surface area (Å²) < 4.78 is 25.3. The number of benzene rings is 1. The van der Waals surface area contributed by atoms with Crippen LogP contribution in [-0.2, 0) is 33.3 Å². The molecular weight excluding hydrogens is 694 g/mol. The Balaban J connectivity index is 1.79. The van der Waals surface area contributed by atoms with Gasteiger partial charge in [-0.25, -0.2) is 0 Å². The van der Waals surface area contributed by atoms with Crippen LogP contribution in [0, 0.1) is 17.8 Å². The lowest BCUT2D eigenvalue weighted by molar-refractivity contribution is -0.296. The van der Waals surface area contributed by atoms with Crippen LogP contribution in [0.5, 0.6) is 0 Å². The smallest absolute Gasteiger partial charge is 0.316 e. The van der Waals surface area contributed by atoms with Gasteiger partial charge in [-0.3, -0.25) is 19.4 Å². The summed E-state index contributed by atoms with van der Waals surface area (Å²) in [5, 5.41) is 38.1. The molecule has 13 atom stereocenters. The normalized spacial score (nSPS) is 37.9. The van der Waals surface area contributed by atoms with Crippen LogP contribution in [0.1, 0.15) is 80.2 Å². The van der Waals surface area contributed by atoms with Crippen LogP contribution in [0.15, 0.2) is 42.6 Å². The van der Waals surface area contributed by atoms with Gasteiger partial charge in [0.25, 0.3) is 0 Å². The lowest BCUT2D eigenvalue weighted by Crippen LogP contribution is -2.60. The van der Waals surface area contributed by atoms with E-state index in [1.54, 1.807) is 33.9 Å². The zero-order chi connectivity index (χ0) is 40.1. The maximum Gasteiger partial charge on any atom is 0.316 e. The molecule has 0 radical (unpaired) electrons. The van der Waals surface area contributed by atoms with E-state index < -0.39 is 83.4 Å². The molecule has 1 amide bonds. The van der Waals surface area contributed by atoms with Gasteiger partial charge >= 0.3 is 5.97 Å². The molecule has 2 aliphatic heterocycles. The SMILES string of the molecule is CC[C@H]1OC(=O)[C@H](C)C(=O)[C@H](C)[C@@H](O[C@@H]2O[C@H](C)C[C@H](N(C)C)[C@H]2O)[C@](C)(OC/C=C/c2ccnc3ccccc23)C[C@@H](C)NC(=O)[C@H](C)[C@H](O)[C@@]1(C)O. The summed E-state index contributed by atoms with van der Waals surface area (Å²) in [5.74, 6) is -5.38. The summed E-state index contributed by atoms with van der Waals surface area (Å²) in [6, 6.07) is 8.76. The molecule has 1 aromatic heterocycles. The number of Topliss-reactive ketones (excluding diaryl/α,β-unsaturated/α-hetero) is 1. The van der Waals surface area contributed by atoms with Gasteiger partial charge in [-0.2, -0.15) is 0 Å². The summed E-state index contributed by atoms with van der Waals surface area (Å²) in [4.78, 5) is 47.9. The van der Waals surface area contributed by atoms with Gasteiger partial charge in [0, 0.05) is 29.6 Å². The highest BCUT2D eigenvalue weighted by molar-refractivity contribution is 6.00. The first-order valence-electron chi connectivity index (χ1n) is 19.1. The molecule has 54 heavy (non-hydrogen) atoms. The second-order valence-electron chi connectivity index (χ2n) is 15.9. The molecule has 2 aliphatic rings. The third-order valence-corrected chi connectivity index (χ3v) is 11.2. The topological polar surface area (TPSA) is 177 Å². The molecule has 0 saturated carbocycles. The minimum atomic E-state index is -2.01. The number of hydrogen-bond donors (Lipinski definition) is 4. The quantitative estimate of drug-likeness (QED) is 0.228. The van der Waals surface area contributed by atoms with E-state index in [2.05, 4.69) is 10.3 Å². The third-order valence-electron chi connectivity index (χ3n) is 11.2. The summed E-state index contributed by atoms with van der Waals surface area (Å²) >= 11 is 0. The van der Waals surface area contributed by atoms with E-state index in [0.29, 0.717) is 6.42 Å². The predicted octanol–water partition coefficient (Wildman–Crippen LogP) is 3.65. The maximum atomic E-state index is 14.3. The summed E-state index contributed by atoms with van der Waals surface area (Å²) in [6.07, 6.45) is -0.211. The first-order valence-corrected chi connectivity index (χ1v) is 19.1. The molecule has 13 heteroatoms. The molecular formula is C41H61N3O10. The molecule has 4 N–H and O–H groups in total. The van der Waals surface area contributed by atoms with Crippen molar-refractivity contribution in [2.75, 3.05) is 20.7 Å². The Morgan fingerprint density at radius 3 is 2.39 bits per heavy atom. The number of aliphatic hydroxyl groups excluding tert-OH is 2. The number of amides is 1. The summed E-state index contributed by atoms with van der Waals surface area (Å²) in [6.45, 7) is 13.0. The van der Waals surface area contributed by atoms with Gasteiger partial charge in [0.15, 0.2) is 12.1 Å². The number of aliphatic hydroxyl groups is 3. The number of cyclic esters (lactones) is 1. The van der Waals surface area contributed by atoms with E-state index in [9.17, 15) is 29.7 Å². The van der Waals surface area contributed by atoms with Crippen LogP contribution in [-0.4, -0.2) is 124 Å². The van der Waals surface area contributed by atoms with Crippen molar-refractivity contribution in [3.63, 3.8) is 0 Å². The summed E-state index contributed by atoms with van der Waals surface area (Å²) in [5.41, 5.74) is -1.58. The number of hydrogen-bond acceptors (Lipinski definition) is 12. The lowest BCUT2D eigenvalue weighted by Gasteiger charge is -2.47. The van der Waals surface area contributed by atoms with Crippen LogP contribution in [0.25, 0.3) is 17.0 Å². The van der Waals surface area contributed by atoms with Crippen molar-refractivity contribution in [1.82, 2.24) is 15.2 Å². The van der Waals surface area contributed by atoms with Crippen molar-refractivity contribution >= 4 is 34.6 Å². The van der Waals surface area contributed by atoms with Crippen molar-refractivity contribution in [3.8, 4) is 0 Å². The van der Waals surface area contributed by atoms with E-state index in [1.165, 1.54) is 20.8 Å². The van der Waals surface area contributed by atoms with Crippen LogP contribution in [0.4, 0.5) is 0 Å². The molecule has 1 aromatic carbocycles. The minimum absolute atomic E-state index is 0.0626. The lowest BCUT2D eigenvalue weighted by atomic mass is 9.79. The van der Waals surface area contributed by atoms with Gasteiger partial charge < -0.3 is 44.5 Å². The minimum Gasteiger partial charge on any atom is -0.459 e. The average molecular weight is 756 g/mol. The molecule has 4 rings (SSSR count). The molecule has 0 spiro atoms. The second-order valence-corrected chi connectivity index (χ2v) is 15.9. The number of carbonyl (C=O) groups is 3. The van der Waals surface area contributed by atoms with Gasteiger partial charge in [-0.15, -0.1) is 0 Å². The first kappa shape index (κ1) is 43.4. The highest BCUT2D eigenvalue weighted by Crippen LogP contribution is 2.36. The molecule has 2 saturated heterocycles. The average Bonchev–Trinajstić information content (AvgIpc) is 3.13. The van der Waals surface area contributed by atoms with Crippen molar-refractivity contribution < 1.29 is 48.7 Å². The fourth-order valence-electron chi connectivity index (χ4n) is 7.92. The first-order chi connectivity index (χ1) is 25.3. The van der Waals surface area contributed by atoms with Crippen LogP contribution >= 0.6 is 0 Å². The monoisotopic (exact) mass is 755 g/mol. The molecule has 0 aliphatic carbocycles. The standard InChI is InChI=1S/C41H61N3O10/c1-11-32-41(8,50)35(47)27(6)37(48)43-23(2)22-40(7,51-20-14-15-28-18-19-42-30-17-13-12-16-29(28)30)36(25(4)33(45)26(5)38(49)53-32)54-39-34(46)31(44(9)10)21-24(3)52-39/h12-19,23-27,31-32,34-36,39,46-47,50H,11,20-22H2,1-10H3,(H,43,48)/b15-14+/t23-,24-,25+,26-,27-,31+,32-,34-,35+,36-,39+,40-,41+/m1/s1. The van der Waals surface area contributed by atoms with Crippen LogP contribution in [0.3, 0.4) is 0 Å². The summed E-state index contributed by atoms with van der Waals surface area (Å²) in [7, 11) is 3.72. The number of aromatic nitrogens is 1. The molecule has 300 valence electrons. The van der Waals surface area contributed by atoms with E-state index in [-0.39, 0.29) is 31.6 Å². The number of carbonyl (C=O) groups excluding carboxylic acids is 3. The van der Waals surface area contributed by atoms with Crippen molar-refractivity contribution in [2.24, 2.45) is 17.8 Å². The fraction of sp³-hybridized carbons (Fsp3) is 0.659. The Bertz CT molecular complexity index is 1630. The number of pyridine rings is 1. The zero-order valence-corrected chi connectivity index (χ0v) is 33.4. The Labute approximate surface area is 319 Å². The van der Waals surface area contributed by atoms with Gasteiger partial charge in [0.05, 0.1) is 42.0 Å². The Morgan fingerprint density at radius 2 is 1.72 bits per heavy atom. The number of ether oxygens (including phenoxy) is 4. The van der Waals surface area contributed by atoms with Crippen LogP contribution < -0.4 is 5.32 Å². The number of esters is 1. The number of fused-ring (bicyclic) bond motifs is 1. The zero-order valence-electron chi connectivity index (χ0n) is 33.4. The molecule has 2 fully saturated rings. The van der Waals surface area contributed by atoms with Crippen molar-refractivity contribution in [2.45, 2.75) is 135 Å². The van der Waals surface area contributed by atoms with E-state index in [1.807, 2.05) is 68.4 Å². The number of para-hydroxylation sites is 1.